The molecule has 0 aromatic heterocycles. The van der Waals surface area contributed by atoms with Crippen LogP contribution in [0.5, 0.6) is 17.2 Å². The Hall–Kier alpha value is -3.38. The molecule has 0 saturated heterocycles. The number of hydrogen-bond donors (Lipinski definition) is 1. The highest BCUT2D eigenvalue weighted by Gasteiger charge is 2.28. The van der Waals surface area contributed by atoms with Crippen LogP contribution >= 0.6 is 0 Å². The minimum Gasteiger partial charge on any atom is -0.495 e. The summed E-state index contributed by atoms with van der Waals surface area (Å²) in [6, 6.07) is 5.68. The average molecular weight is 470 g/mol. The van der Waals surface area contributed by atoms with Gasteiger partial charge in [-0.05, 0) is 18.2 Å². The zero-order valence-electron chi connectivity index (χ0n) is 18.1. The topological polar surface area (TPSA) is 120 Å². The second-order valence-corrected chi connectivity index (χ2v) is 8.36. The molecule has 1 N–H and O–H groups in total. The van der Waals surface area contributed by atoms with Crippen molar-refractivity contribution in [2.24, 2.45) is 0 Å². The smallest absolute Gasteiger partial charge is 0.340 e. The van der Waals surface area contributed by atoms with Crippen molar-refractivity contribution in [3.8, 4) is 17.2 Å². The van der Waals surface area contributed by atoms with Gasteiger partial charge in [0.25, 0.3) is 0 Å². The number of nitrogens with zero attached hydrogens (tertiary/aromatic N) is 1. The Morgan fingerprint density at radius 2 is 1.56 bits per heavy atom. The van der Waals surface area contributed by atoms with Crippen LogP contribution in [0.2, 0.25) is 0 Å². The number of likely N-dealkylation sites (N-methyl/N-ethyl adjacent to an activating group) is 1. The third-order valence-electron chi connectivity index (χ3n) is 4.38. The molecule has 12 heteroatoms. The number of carbonyl (C=O) groups excluding carboxylic acids is 2. The van der Waals surface area contributed by atoms with E-state index >= 15 is 0 Å². The number of nitrogens with one attached hydrogen (secondary N) is 1. The molecule has 0 aliphatic heterocycles. The first-order valence-electron chi connectivity index (χ1n) is 9.03. The zero-order valence-corrected chi connectivity index (χ0v) is 18.9. The Labute approximate surface area is 184 Å². The Balaban J connectivity index is 2.32. The molecule has 174 valence electrons. The number of carbonyl (C=O) groups is 2. The van der Waals surface area contributed by atoms with Crippen molar-refractivity contribution < 1.29 is 41.3 Å². The van der Waals surface area contributed by atoms with Gasteiger partial charge in [-0.2, -0.15) is 4.31 Å². The van der Waals surface area contributed by atoms with E-state index in [9.17, 15) is 22.4 Å². The fraction of sp³-hybridized carbons (Fsp3) is 0.300. The fourth-order valence-electron chi connectivity index (χ4n) is 2.76. The second kappa shape index (κ2) is 10.3. The summed E-state index contributed by atoms with van der Waals surface area (Å²) >= 11 is 0. The van der Waals surface area contributed by atoms with Crippen molar-refractivity contribution in [1.82, 2.24) is 4.31 Å². The molecular formula is C20H23FN2O8S. The summed E-state index contributed by atoms with van der Waals surface area (Å²) in [7, 11) is 2.02. The number of esters is 1. The predicted molar refractivity (Wildman–Crippen MR) is 112 cm³/mol. The van der Waals surface area contributed by atoms with Gasteiger partial charge in [-0.3, -0.25) is 4.79 Å². The lowest BCUT2D eigenvalue weighted by atomic mass is 10.1. The number of amides is 1. The predicted octanol–water partition coefficient (Wildman–Crippen LogP) is 1.90. The van der Waals surface area contributed by atoms with Crippen molar-refractivity contribution in [2.45, 2.75) is 4.90 Å². The Kier molecular flexibility index (Phi) is 8.00. The molecule has 0 spiro atoms. The van der Waals surface area contributed by atoms with Crippen molar-refractivity contribution in [1.29, 1.82) is 0 Å². The van der Waals surface area contributed by atoms with Gasteiger partial charge in [-0.25, -0.2) is 17.6 Å². The molecule has 0 bridgehead atoms. The van der Waals surface area contributed by atoms with E-state index in [0.29, 0.717) is 0 Å². The van der Waals surface area contributed by atoms with Gasteiger partial charge in [0.15, 0.2) is 11.5 Å². The van der Waals surface area contributed by atoms with E-state index < -0.39 is 39.2 Å². The van der Waals surface area contributed by atoms with E-state index in [1.807, 2.05) is 0 Å². The van der Waals surface area contributed by atoms with Crippen LogP contribution in [0, 0.1) is 5.82 Å². The van der Waals surface area contributed by atoms with Gasteiger partial charge in [0.1, 0.15) is 16.5 Å². The van der Waals surface area contributed by atoms with Crippen LogP contribution in [-0.4, -0.2) is 66.6 Å². The molecule has 0 fully saturated rings. The molecule has 0 aliphatic carbocycles. The first-order chi connectivity index (χ1) is 15.1. The molecule has 0 aliphatic rings. The molecule has 0 saturated carbocycles. The normalized spacial score (nSPS) is 11.1. The third-order valence-corrected chi connectivity index (χ3v) is 6.21. The highest BCUT2D eigenvalue weighted by molar-refractivity contribution is 7.89. The minimum atomic E-state index is -4.28. The van der Waals surface area contributed by atoms with Crippen LogP contribution in [0.25, 0.3) is 0 Å². The van der Waals surface area contributed by atoms with Gasteiger partial charge >= 0.3 is 5.97 Å². The number of rotatable bonds is 9. The van der Waals surface area contributed by atoms with Gasteiger partial charge in [0.2, 0.25) is 15.9 Å². The molecule has 2 rings (SSSR count). The van der Waals surface area contributed by atoms with Crippen molar-refractivity contribution in [3.05, 3.63) is 41.7 Å². The SMILES string of the molecule is COC(=O)c1cc(OC)c(OC)cc1NC(=O)CN(C)S(=O)(=O)c1cc(F)ccc1OC. The third kappa shape index (κ3) is 5.26. The second-order valence-electron chi connectivity index (χ2n) is 6.35. The van der Waals surface area contributed by atoms with E-state index in [1.54, 1.807) is 0 Å². The van der Waals surface area contributed by atoms with Crippen molar-refractivity contribution in [3.63, 3.8) is 0 Å². The first kappa shape index (κ1) is 24.9. The highest BCUT2D eigenvalue weighted by Crippen LogP contribution is 2.34. The van der Waals surface area contributed by atoms with Crippen molar-refractivity contribution in [2.75, 3.05) is 47.3 Å². The van der Waals surface area contributed by atoms with Crippen LogP contribution in [0.4, 0.5) is 10.1 Å². The number of methoxy groups -OCH3 is 4. The van der Waals surface area contributed by atoms with Gasteiger partial charge in [0.05, 0.1) is 46.2 Å². The number of benzene rings is 2. The lowest BCUT2D eigenvalue weighted by Crippen LogP contribution is -2.35. The van der Waals surface area contributed by atoms with Crippen LogP contribution in [0.1, 0.15) is 10.4 Å². The number of hydrogen-bond acceptors (Lipinski definition) is 8. The standard InChI is InChI=1S/C20H23FN2O8S/c1-23(32(26,27)18-8-12(21)6-7-15(18)28-2)11-19(24)22-14-10-17(30-4)16(29-3)9-13(14)20(25)31-5/h6-10H,11H2,1-5H3,(H,22,24). The Bertz CT molecular complexity index is 1120. The van der Waals surface area contributed by atoms with Crippen LogP contribution in [0.3, 0.4) is 0 Å². The van der Waals surface area contributed by atoms with Gasteiger partial charge in [0, 0.05) is 19.2 Å². The zero-order chi connectivity index (χ0) is 24.1. The first-order valence-corrected chi connectivity index (χ1v) is 10.5. The van der Waals surface area contributed by atoms with Gasteiger partial charge < -0.3 is 24.3 Å². The average Bonchev–Trinajstić information content (AvgIpc) is 2.77. The summed E-state index contributed by atoms with van der Waals surface area (Å²) < 4.78 is 60.1. The van der Waals surface area contributed by atoms with Crippen LogP contribution in [0.15, 0.2) is 35.2 Å². The molecule has 2 aromatic rings. The summed E-state index contributed by atoms with van der Waals surface area (Å²) in [5, 5.41) is 2.46. The maximum Gasteiger partial charge on any atom is 0.340 e. The fourth-order valence-corrected chi connectivity index (χ4v) is 4.05. The lowest BCUT2D eigenvalue weighted by molar-refractivity contribution is -0.116. The monoisotopic (exact) mass is 470 g/mol. The Morgan fingerprint density at radius 1 is 0.969 bits per heavy atom. The van der Waals surface area contributed by atoms with E-state index in [0.717, 1.165) is 30.6 Å². The quantitative estimate of drug-likeness (QED) is 0.552. The molecule has 1 amide bonds. The minimum absolute atomic E-state index is 0.0219. The number of anilines is 1. The van der Waals surface area contributed by atoms with Gasteiger partial charge in [-0.1, -0.05) is 0 Å². The number of ether oxygens (including phenoxy) is 4. The number of sulfonamides is 1. The molecule has 0 radical (unpaired) electrons. The highest BCUT2D eigenvalue weighted by atomic mass is 32.2. The molecular weight excluding hydrogens is 447 g/mol. The van der Waals surface area contributed by atoms with Gasteiger partial charge in [-0.15, -0.1) is 0 Å². The summed E-state index contributed by atoms with van der Waals surface area (Å²) in [6.07, 6.45) is 0. The van der Waals surface area contributed by atoms with Crippen molar-refractivity contribution >= 4 is 27.6 Å². The molecule has 10 nitrogen and oxygen atoms in total. The maximum atomic E-state index is 13.6. The molecule has 0 unspecified atom stereocenters. The summed E-state index contributed by atoms with van der Waals surface area (Å²) in [5.74, 6) is -1.94. The molecule has 2 aromatic carbocycles. The summed E-state index contributed by atoms with van der Waals surface area (Å²) in [6.45, 7) is -0.642. The summed E-state index contributed by atoms with van der Waals surface area (Å²) in [5.41, 5.74) is -0.00977. The van der Waals surface area contributed by atoms with E-state index in [2.05, 4.69) is 5.32 Å². The van der Waals surface area contributed by atoms with E-state index in [4.69, 9.17) is 18.9 Å². The molecule has 32 heavy (non-hydrogen) atoms. The largest absolute Gasteiger partial charge is 0.495 e. The van der Waals surface area contributed by atoms with E-state index in [1.165, 1.54) is 39.5 Å². The number of halogens is 1. The lowest BCUT2D eigenvalue weighted by Gasteiger charge is -2.19. The Morgan fingerprint density at radius 3 is 2.12 bits per heavy atom. The summed E-state index contributed by atoms with van der Waals surface area (Å²) in [4.78, 5) is 24.3. The maximum absolute atomic E-state index is 13.6. The van der Waals surface area contributed by atoms with Crippen LogP contribution in [-0.2, 0) is 19.6 Å². The molecule has 0 heterocycles. The molecule has 0 atom stereocenters. The van der Waals surface area contributed by atoms with E-state index in [-0.39, 0.29) is 28.5 Å². The van der Waals surface area contributed by atoms with Crippen LogP contribution < -0.4 is 19.5 Å².